The average molecular weight is 244 g/mol. The highest BCUT2D eigenvalue weighted by atomic mass is 16.5. The Hall–Kier alpha value is -2.16. The molecule has 2 aromatic carbocycles. The van der Waals surface area contributed by atoms with Crippen molar-refractivity contribution in [3.05, 3.63) is 53.6 Å². The summed E-state index contributed by atoms with van der Waals surface area (Å²) in [5.74, 6) is 1.69. The van der Waals surface area contributed by atoms with E-state index in [1.165, 1.54) is 0 Å². The van der Waals surface area contributed by atoms with Gasteiger partial charge in [-0.05, 0) is 36.2 Å². The average Bonchev–Trinajstić information content (AvgIpc) is 2.40. The van der Waals surface area contributed by atoms with Gasteiger partial charge in [-0.25, -0.2) is 0 Å². The SMILES string of the molecule is COc1ccccc1OCc1ccc(C)c(O)c1. The zero-order chi connectivity index (χ0) is 13.0. The molecule has 2 rings (SSSR count). The Bertz CT molecular complexity index is 535. The van der Waals surface area contributed by atoms with Crippen LogP contribution in [0.1, 0.15) is 11.1 Å². The van der Waals surface area contributed by atoms with Crippen molar-refractivity contribution in [2.24, 2.45) is 0 Å². The van der Waals surface area contributed by atoms with E-state index in [-0.39, 0.29) is 5.75 Å². The van der Waals surface area contributed by atoms with Gasteiger partial charge in [0, 0.05) is 0 Å². The van der Waals surface area contributed by atoms with Crippen LogP contribution in [0.25, 0.3) is 0 Å². The fourth-order valence-corrected chi connectivity index (χ4v) is 1.64. The smallest absolute Gasteiger partial charge is 0.161 e. The van der Waals surface area contributed by atoms with Gasteiger partial charge in [0.25, 0.3) is 0 Å². The predicted octanol–water partition coefficient (Wildman–Crippen LogP) is 3.29. The summed E-state index contributed by atoms with van der Waals surface area (Å²) in [6.07, 6.45) is 0. The molecule has 0 aliphatic heterocycles. The van der Waals surface area contributed by atoms with Crippen molar-refractivity contribution in [2.45, 2.75) is 13.5 Å². The van der Waals surface area contributed by atoms with Crippen molar-refractivity contribution in [1.29, 1.82) is 0 Å². The van der Waals surface area contributed by atoms with E-state index in [0.717, 1.165) is 11.1 Å². The van der Waals surface area contributed by atoms with Gasteiger partial charge in [0.1, 0.15) is 12.4 Å². The highest BCUT2D eigenvalue weighted by Gasteiger charge is 2.04. The Morgan fingerprint density at radius 1 is 1.06 bits per heavy atom. The van der Waals surface area contributed by atoms with Crippen LogP contribution in [0.2, 0.25) is 0 Å². The fourth-order valence-electron chi connectivity index (χ4n) is 1.64. The number of rotatable bonds is 4. The standard InChI is InChI=1S/C15H16O3/c1-11-7-8-12(9-13(11)16)10-18-15-6-4-3-5-14(15)17-2/h3-9,16H,10H2,1-2H3. The van der Waals surface area contributed by atoms with Gasteiger partial charge in [-0.15, -0.1) is 0 Å². The number of aromatic hydroxyl groups is 1. The van der Waals surface area contributed by atoms with Crippen LogP contribution >= 0.6 is 0 Å². The van der Waals surface area contributed by atoms with Crippen LogP contribution in [-0.2, 0) is 6.61 Å². The third-order valence-corrected chi connectivity index (χ3v) is 2.74. The molecule has 3 nitrogen and oxygen atoms in total. The number of aryl methyl sites for hydroxylation is 1. The lowest BCUT2D eigenvalue weighted by molar-refractivity contribution is 0.284. The molecule has 0 saturated heterocycles. The summed E-state index contributed by atoms with van der Waals surface area (Å²) < 4.78 is 10.9. The van der Waals surface area contributed by atoms with Crippen LogP contribution in [0.3, 0.4) is 0 Å². The fraction of sp³-hybridized carbons (Fsp3) is 0.200. The van der Waals surface area contributed by atoms with Crippen molar-refractivity contribution in [3.8, 4) is 17.2 Å². The Labute approximate surface area is 107 Å². The Morgan fingerprint density at radius 3 is 2.44 bits per heavy atom. The minimum absolute atomic E-state index is 0.288. The zero-order valence-electron chi connectivity index (χ0n) is 10.5. The molecule has 3 heteroatoms. The van der Waals surface area contributed by atoms with E-state index in [2.05, 4.69) is 0 Å². The second-order valence-electron chi connectivity index (χ2n) is 4.06. The van der Waals surface area contributed by atoms with E-state index in [1.807, 2.05) is 43.3 Å². The van der Waals surface area contributed by atoms with Crippen LogP contribution in [0, 0.1) is 6.92 Å². The molecule has 0 aliphatic rings. The monoisotopic (exact) mass is 244 g/mol. The lowest BCUT2D eigenvalue weighted by Gasteiger charge is -2.10. The lowest BCUT2D eigenvalue weighted by Crippen LogP contribution is -1.97. The van der Waals surface area contributed by atoms with E-state index in [9.17, 15) is 5.11 Å². The number of phenolic OH excluding ortho intramolecular Hbond substituents is 1. The first-order chi connectivity index (χ1) is 8.70. The summed E-state index contributed by atoms with van der Waals surface area (Å²) in [6, 6.07) is 13.0. The molecule has 1 N–H and O–H groups in total. The number of benzene rings is 2. The summed E-state index contributed by atoms with van der Waals surface area (Å²) in [7, 11) is 1.61. The highest BCUT2D eigenvalue weighted by Crippen LogP contribution is 2.27. The van der Waals surface area contributed by atoms with Crippen molar-refractivity contribution in [3.63, 3.8) is 0 Å². The first kappa shape index (κ1) is 12.3. The molecule has 94 valence electrons. The summed E-state index contributed by atoms with van der Waals surface area (Å²) >= 11 is 0. The van der Waals surface area contributed by atoms with Gasteiger partial charge < -0.3 is 14.6 Å². The molecule has 0 heterocycles. The molecule has 18 heavy (non-hydrogen) atoms. The first-order valence-corrected chi connectivity index (χ1v) is 5.75. The first-order valence-electron chi connectivity index (χ1n) is 5.75. The van der Waals surface area contributed by atoms with E-state index in [1.54, 1.807) is 13.2 Å². The van der Waals surface area contributed by atoms with Crippen LogP contribution < -0.4 is 9.47 Å². The Kier molecular flexibility index (Phi) is 3.72. The molecule has 0 spiro atoms. The zero-order valence-corrected chi connectivity index (χ0v) is 10.5. The van der Waals surface area contributed by atoms with Crippen molar-refractivity contribution < 1.29 is 14.6 Å². The summed E-state index contributed by atoms with van der Waals surface area (Å²) in [6.45, 7) is 2.26. The van der Waals surface area contributed by atoms with Gasteiger partial charge >= 0.3 is 0 Å². The number of phenols is 1. The molecule has 0 unspecified atom stereocenters. The Morgan fingerprint density at radius 2 is 1.78 bits per heavy atom. The quantitative estimate of drug-likeness (QED) is 0.897. The molecule has 0 saturated carbocycles. The van der Waals surface area contributed by atoms with Crippen molar-refractivity contribution in [2.75, 3.05) is 7.11 Å². The van der Waals surface area contributed by atoms with Gasteiger partial charge in [0.05, 0.1) is 7.11 Å². The molecule has 0 amide bonds. The van der Waals surface area contributed by atoms with Crippen molar-refractivity contribution in [1.82, 2.24) is 0 Å². The van der Waals surface area contributed by atoms with Crippen LogP contribution in [-0.4, -0.2) is 12.2 Å². The van der Waals surface area contributed by atoms with Gasteiger partial charge in [0.15, 0.2) is 11.5 Å². The summed E-state index contributed by atoms with van der Waals surface area (Å²) in [5.41, 5.74) is 1.78. The van der Waals surface area contributed by atoms with Gasteiger partial charge in [0.2, 0.25) is 0 Å². The summed E-state index contributed by atoms with van der Waals surface area (Å²) in [4.78, 5) is 0. The lowest BCUT2D eigenvalue weighted by atomic mass is 10.1. The molecule has 2 aromatic rings. The molecular formula is C15H16O3. The number of hydrogen-bond acceptors (Lipinski definition) is 3. The maximum absolute atomic E-state index is 9.62. The number of ether oxygens (including phenoxy) is 2. The topological polar surface area (TPSA) is 38.7 Å². The summed E-state index contributed by atoms with van der Waals surface area (Å²) in [5, 5.41) is 9.62. The molecule has 0 aliphatic carbocycles. The molecule has 0 radical (unpaired) electrons. The minimum atomic E-state index is 0.288. The van der Waals surface area contributed by atoms with Crippen LogP contribution in [0.5, 0.6) is 17.2 Å². The largest absolute Gasteiger partial charge is 0.508 e. The second kappa shape index (κ2) is 5.45. The number of hydrogen-bond donors (Lipinski definition) is 1. The van der Waals surface area contributed by atoms with Gasteiger partial charge in [-0.1, -0.05) is 24.3 Å². The van der Waals surface area contributed by atoms with Crippen molar-refractivity contribution >= 4 is 0 Å². The van der Waals surface area contributed by atoms with E-state index < -0.39 is 0 Å². The second-order valence-corrected chi connectivity index (χ2v) is 4.06. The van der Waals surface area contributed by atoms with Crippen LogP contribution in [0.15, 0.2) is 42.5 Å². The maximum atomic E-state index is 9.62. The molecular weight excluding hydrogens is 228 g/mol. The van der Waals surface area contributed by atoms with E-state index in [0.29, 0.717) is 18.1 Å². The van der Waals surface area contributed by atoms with Crippen LogP contribution in [0.4, 0.5) is 0 Å². The minimum Gasteiger partial charge on any atom is -0.508 e. The molecule has 0 bridgehead atoms. The van der Waals surface area contributed by atoms with E-state index in [4.69, 9.17) is 9.47 Å². The molecule has 0 atom stereocenters. The third-order valence-electron chi connectivity index (χ3n) is 2.74. The van der Waals surface area contributed by atoms with Gasteiger partial charge in [-0.3, -0.25) is 0 Å². The third kappa shape index (κ3) is 2.74. The highest BCUT2D eigenvalue weighted by molar-refractivity contribution is 5.40. The molecule has 0 aromatic heterocycles. The van der Waals surface area contributed by atoms with E-state index >= 15 is 0 Å². The Balaban J connectivity index is 2.09. The maximum Gasteiger partial charge on any atom is 0.161 e. The number of para-hydroxylation sites is 2. The number of methoxy groups -OCH3 is 1. The normalized spacial score (nSPS) is 10.1. The van der Waals surface area contributed by atoms with Gasteiger partial charge in [-0.2, -0.15) is 0 Å². The molecule has 0 fully saturated rings. The predicted molar refractivity (Wildman–Crippen MR) is 70.2 cm³/mol.